The highest BCUT2D eigenvalue weighted by Gasteiger charge is 2.08. The Bertz CT molecular complexity index is 898. The molecule has 1 N–H and O–H groups in total. The minimum Gasteiger partial charge on any atom is -1.00 e. The van der Waals surface area contributed by atoms with E-state index in [4.69, 9.17) is 0 Å². The molecule has 1 amide bonds. The van der Waals surface area contributed by atoms with Crippen LogP contribution in [-0.2, 0) is 11.8 Å². The van der Waals surface area contributed by atoms with Gasteiger partial charge < -0.3 is 12.4 Å². The fourth-order valence-electron chi connectivity index (χ4n) is 2.58. The summed E-state index contributed by atoms with van der Waals surface area (Å²) in [7, 11) is 1.91. The van der Waals surface area contributed by atoms with Crippen LogP contribution in [0.2, 0.25) is 0 Å². The zero-order valence-electron chi connectivity index (χ0n) is 13.7. The number of nitrogens with zero attached hydrogens (tertiary/aromatic N) is 1. The maximum Gasteiger partial charge on any atom is 0.304 e. The molecule has 0 radical (unpaired) electrons. The van der Waals surface area contributed by atoms with Crippen molar-refractivity contribution >= 4 is 34.6 Å². The number of pyridine rings is 1. The number of aromatic nitrogens is 1. The number of anilines is 1. The average Bonchev–Trinajstić information content (AvgIpc) is 2.55. The molecular formula is C20H19ClN2O. The second-order valence-corrected chi connectivity index (χ2v) is 5.54. The molecule has 0 aliphatic heterocycles. The van der Waals surface area contributed by atoms with Gasteiger partial charge in [0.1, 0.15) is 0 Å². The van der Waals surface area contributed by atoms with Crippen LogP contribution in [0.4, 0.5) is 5.82 Å². The lowest BCUT2D eigenvalue weighted by atomic mass is 10.0. The maximum absolute atomic E-state index is 11.3. The van der Waals surface area contributed by atoms with E-state index < -0.39 is 0 Å². The van der Waals surface area contributed by atoms with Crippen molar-refractivity contribution in [2.24, 2.45) is 7.05 Å². The molecule has 0 aliphatic carbocycles. The number of nitrogens with one attached hydrogen (secondary N) is 1. The van der Waals surface area contributed by atoms with Crippen LogP contribution in [0.25, 0.3) is 22.9 Å². The lowest BCUT2D eigenvalue weighted by Crippen LogP contribution is -3.00. The second-order valence-electron chi connectivity index (χ2n) is 5.54. The number of amides is 1. The van der Waals surface area contributed by atoms with Crippen LogP contribution in [0.1, 0.15) is 18.1 Å². The van der Waals surface area contributed by atoms with Crippen molar-refractivity contribution in [1.29, 1.82) is 0 Å². The third-order valence-electron chi connectivity index (χ3n) is 3.76. The van der Waals surface area contributed by atoms with Gasteiger partial charge in [0.25, 0.3) is 5.82 Å². The normalized spacial score (nSPS) is 10.6. The van der Waals surface area contributed by atoms with Gasteiger partial charge in [0.05, 0.1) is 13.2 Å². The molecular weight excluding hydrogens is 320 g/mol. The second kappa shape index (κ2) is 7.75. The van der Waals surface area contributed by atoms with Crippen LogP contribution in [0.15, 0.2) is 60.8 Å². The quantitative estimate of drug-likeness (QED) is 0.704. The van der Waals surface area contributed by atoms with Gasteiger partial charge >= 0.3 is 5.91 Å². The van der Waals surface area contributed by atoms with Crippen LogP contribution in [-0.4, -0.2) is 5.91 Å². The summed E-state index contributed by atoms with van der Waals surface area (Å²) in [5.74, 6) is 0.702. The number of hydrogen-bond donors (Lipinski definition) is 1. The lowest BCUT2D eigenvalue weighted by molar-refractivity contribution is -0.657. The van der Waals surface area contributed by atoms with E-state index in [0.29, 0.717) is 0 Å². The van der Waals surface area contributed by atoms with Crippen LogP contribution < -0.4 is 22.3 Å². The minimum absolute atomic E-state index is 0. The largest absolute Gasteiger partial charge is 1.00 e. The minimum atomic E-state index is -0.0733. The van der Waals surface area contributed by atoms with Crippen LogP contribution >= 0.6 is 0 Å². The van der Waals surface area contributed by atoms with Gasteiger partial charge in [0.2, 0.25) is 0 Å². The van der Waals surface area contributed by atoms with Gasteiger partial charge in [-0.2, -0.15) is 0 Å². The summed E-state index contributed by atoms with van der Waals surface area (Å²) in [6, 6.07) is 18.6. The molecule has 0 bridgehead atoms. The number of carbonyl (C=O) groups excluding carboxylic acids is 1. The molecule has 2 aromatic carbocycles. The molecule has 0 saturated heterocycles. The van der Waals surface area contributed by atoms with Gasteiger partial charge in [0.15, 0.2) is 0 Å². The number of carbonyl (C=O) groups is 1. The summed E-state index contributed by atoms with van der Waals surface area (Å²) in [4.78, 5) is 11.3. The molecule has 0 unspecified atom stereocenters. The number of rotatable bonds is 3. The Hall–Kier alpha value is -2.65. The average molecular weight is 339 g/mol. The molecule has 4 heteroatoms. The Morgan fingerprint density at radius 2 is 1.79 bits per heavy atom. The van der Waals surface area contributed by atoms with Gasteiger partial charge in [-0.1, -0.05) is 54.6 Å². The van der Waals surface area contributed by atoms with Gasteiger partial charge in [-0.3, -0.25) is 0 Å². The highest BCUT2D eigenvalue weighted by atomic mass is 35.5. The third kappa shape index (κ3) is 4.00. The van der Waals surface area contributed by atoms with E-state index in [2.05, 4.69) is 53.9 Å². The Balaban J connectivity index is 0.00000208. The predicted octanol–water partition coefficient (Wildman–Crippen LogP) is 0.797. The van der Waals surface area contributed by atoms with E-state index in [-0.39, 0.29) is 18.3 Å². The number of aryl methyl sites for hydroxylation is 1. The molecule has 0 saturated carbocycles. The molecule has 0 spiro atoms. The maximum atomic E-state index is 11.3. The van der Waals surface area contributed by atoms with E-state index in [1.807, 2.05) is 36.0 Å². The van der Waals surface area contributed by atoms with Gasteiger partial charge in [0, 0.05) is 13.0 Å². The Kier molecular flexibility index (Phi) is 5.72. The van der Waals surface area contributed by atoms with Crippen molar-refractivity contribution in [2.45, 2.75) is 6.92 Å². The van der Waals surface area contributed by atoms with Crippen LogP contribution in [0.5, 0.6) is 0 Å². The van der Waals surface area contributed by atoms with Crippen molar-refractivity contribution in [3.63, 3.8) is 0 Å². The molecule has 0 atom stereocenters. The van der Waals surface area contributed by atoms with E-state index in [1.165, 1.54) is 23.3 Å². The van der Waals surface area contributed by atoms with Gasteiger partial charge in [-0.25, -0.2) is 14.7 Å². The highest BCUT2D eigenvalue weighted by molar-refractivity contribution is 5.93. The van der Waals surface area contributed by atoms with Crippen molar-refractivity contribution in [2.75, 3.05) is 5.32 Å². The van der Waals surface area contributed by atoms with Crippen LogP contribution in [0, 0.1) is 0 Å². The first-order chi connectivity index (χ1) is 11.1. The van der Waals surface area contributed by atoms with E-state index >= 15 is 0 Å². The predicted molar refractivity (Wildman–Crippen MR) is 94.8 cm³/mol. The Labute approximate surface area is 148 Å². The SMILES string of the molecule is CC(=O)Nc1cc(/C=C/c2cccc3ccccc23)cc[n+]1C.[Cl-]. The first-order valence-electron chi connectivity index (χ1n) is 7.56. The summed E-state index contributed by atoms with van der Waals surface area (Å²) in [6.45, 7) is 1.51. The first kappa shape index (κ1) is 17.7. The zero-order valence-corrected chi connectivity index (χ0v) is 14.4. The summed E-state index contributed by atoms with van der Waals surface area (Å²) in [6.07, 6.45) is 6.11. The number of halogens is 1. The summed E-state index contributed by atoms with van der Waals surface area (Å²) >= 11 is 0. The highest BCUT2D eigenvalue weighted by Crippen LogP contribution is 2.20. The monoisotopic (exact) mass is 338 g/mol. The zero-order chi connectivity index (χ0) is 16.2. The molecule has 3 rings (SSSR count). The molecule has 0 fully saturated rings. The summed E-state index contributed by atoms with van der Waals surface area (Å²) in [5, 5.41) is 5.29. The molecule has 24 heavy (non-hydrogen) atoms. The smallest absolute Gasteiger partial charge is 0.304 e. The van der Waals surface area contributed by atoms with Crippen LogP contribution in [0.3, 0.4) is 0 Å². The summed E-state index contributed by atoms with van der Waals surface area (Å²) < 4.78 is 1.89. The van der Waals surface area contributed by atoms with Gasteiger partial charge in [-0.15, -0.1) is 0 Å². The Morgan fingerprint density at radius 1 is 1.04 bits per heavy atom. The van der Waals surface area contributed by atoms with Crippen molar-refractivity contribution in [3.8, 4) is 0 Å². The molecule has 1 heterocycles. The lowest BCUT2D eigenvalue weighted by Gasteiger charge is -2.03. The van der Waals surface area contributed by atoms with E-state index in [0.717, 1.165) is 11.4 Å². The molecule has 1 aromatic heterocycles. The molecule has 0 aliphatic rings. The van der Waals surface area contributed by atoms with E-state index in [9.17, 15) is 4.79 Å². The molecule has 122 valence electrons. The number of hydrogen-bond acceptors (Lipinski definition) is 1. The van der Waals surface area contributed by atoms with Crippen molar-refractivity contribution < 1.29 is 21.8 Å². The fourth-order valence-corrected chi connectivity index (χ4v) is 2.58. The summed E-state index contributed by atoms with van der Waals surface area (Å²) in [5.41, 5.74) is 2.22. The van der Waals surface area contributed by atoms with Crippen molar-refractivity contribution in [3.05, 3.63) is 71.9 Å². The first-order valence-corrected chi connectivity index (χ1v) is 7.56. The van der Waals surface area contributed by atoms with Crippen molar-refractivity contribution in [1.82, 2.24) is 0 Å². The number of benzene rings is 2. The number of fused-ring (bicyclic) bond motifs is 1. The fraction of sp³-hybridized carbons (Fsp3) is 0.100. The molecule has 3 nitrogen and oxygen atoms in total. The standard InChI is InChI=1S/C20H18N2O.ClH/c1-15(23)21-20-14-16(12-13-22(20)2)10-11-18-8-5-7-17-6-3-4-9-19(17)18;/h3-14H,1-2H3;1H/b11-10+;. The van der Waals surface area contributed by atoms with E-state index in [1.54, 1.807) is 0 Å². The third-order valence-corrected chi connectivity index (χ3v) is 3.76. The molecule has 3 aromatic rings. The topological polar surface area (TPSA) is 33.0 Å². The van der Waals surface area contributed by atoms with Gasteiger partial charge in [-0.05, 0) is 28.0 Å². The Morgan fingerprint density at radius 3 is 2.58 bits per heavy atom.